The van der Waals surface area contributed by atoms with Crippen molar-refractivity contribution in [2.75, 3.05) is 46.4 Å². The van der Waals surface area contributed by atoms with Gasteiger partial charge in [-0.2, -0.15) is 0 Å². The maximum Gasteiger partial charge on any atom is 0.128 e. The highest BCUT2D eigenvalue weighted by Gasteiger charge is 2.18. The van der Waals surface area contributed by atoms with E-state index in [1.165, 1.54) is 0 Å². The van der Waals surface area contributed by atoms with Gasteiger partial charge in [-0.15, -0.1) is 0 Å². The second kappa shape index (κ2) is 7.02. The molecule has 112 valence electrons. The van der Waals surface area contributed by atoms with Gasteiger partial charge in [-0.05, 0) is 13.8 Å². The molecule has 0 amide bonds. The van der Waals surface area contributed by atoms with Crippen molar-refractivity contribution in [3.05, 3.63) is 23.0 Å². The monoisotopic (exact) mass is 279 g/mol. The molecule has 2 heterocycles. The number of aliphatic hydroxyl groups excluding tert-OH is 1. The largest absolute Gasteiger partial charge is 0.496 e. The van der Waals surface area contributed by atoms with E-state index in [0.717, 1.165) is 61.8 Å². The molecule has 1 fully saturated rings. The number of piperazine rings is 1. The summed E-state index contributed by atoms with van der Waals surface area (Å²) in [6, 6.07) is 0. The molecule has 2 rings (SSSR count). The molecule has 0 radical (unpaired) electrons. The zero-order chi connectivity index (χ0) is 14.5. The summed E-state index contributed by atoms with van der Waals surface area (Å²) in [5.41, 5.74) is 3.33. The maximum absolute atomic E-state index is 8.96. The van der Waals surface area contributed by atoms with E-state index in [9.17, 15) is 0 Å². The SMILES string of the molecule is COc1c(C)cnc(CN2CCN(CCO)CC2)c1C. The van der Waals surface area contributed by atoms with Gasteiger partial charge in [-0.25, -0.2) is 0 Å². The minimum atomic E-state index is 0.246. The van der Waals surface area contributed by atoms with Crippen LogP contribution in [0.3, 0.4) is 0 Å². The number of methoxy groups -OCH3 is 1. The standard InChI is InChI=1S/C15H25N3O2/c1-12-10-16-14(13(2)15(12)20-3)11-18-6-4-17(5-7-18)8-9-19/h10,19H,4-9,11H2,1-3H3. The fourth-order valence-electron chi connectivity index (χ4n) is 2.75. The first-order chi connectivity index (χ1) is 9.65. The molecular weight excluding hydrogens is 254 g/mol. The Kier molecular flexibility index (Phi) is 5.34. The highest BCUT2D eigenvalue weighted by Crippen LogP contribution is 2.24. The van der Waals surface area contributed by atoms with E-state index >= 15 is 0 Å². The summed E-state index contributed by atoms with van der Waals surface area (Å²) >= 11 is 0. The first-order valence-corrected chi connectivity index (χ1v) is 7.20. The summed E-state index contributed by atoms with van der Waals surface area (Å²) in [6.07, 6.45) is 1.89. The van der Waals surface area contributed by atoms with Crippen LogP contribution in [0.15, 0.2) is 6.20 Å². The smallest absolute Gasteiger partial charge is 0.128 e. The van der Waals surface area contributed by atoms with Crippen molar-refractivity contribution in [3.8, 4) is 5.75 Å². The molecule has 0 saturated carbocycles. The lowest BCUT2D eigenvalue weighted by molar-refractivity contribution is 0.107. The van der Waals surface area contributed by atoms with Crippen molar-refractivity contribution < 1.29 is 9.84 Å². The summed E-state index contributed by atoms with van der Waals surface area (Å²) in [7, 11) is 1.72. The number of rotatable bonds is 5. The predicted molar refractivity (Wildman–Crippen MR) is 79.1 cm³/mol. The van der Waals surface area contributed by atoms with Crippen LogP contribution in [-0.4, -0.2) is 66.3 Å². The van der Waals surface area contributed by atoms with Crippen LogP contribution in [0.25, 0.3) is 0 Å². The van der Waals surface area contributed by atoms with Crippen molar-refractivity contribution in [2.24, 2.45) is 0 Å². The molecule has 0 unspecified atom stereocenters. The van der Waals surface area contributed by atoms with Gasteiger partial charge >= 0.3 is 0 Å². The fraction of sp³-hybridized carbons (Fsp3) is 0.667. The second-order valence-electron chi connectivity index (χ2n) is 5.39. The van der Waals surface area contributed by atoms with Crippen molar-refractivity contribution in [1.29, 1.82) is 0 Å². The maximum atomic E-state index is 8.96. The Morgan fingerprint density at radius 2 is 1.85 bits per heavy atom. The minimum Gasteiger partial charge on any atom is -0.496 e. The van der Waals surface area contributed by atoms with Crippen molar-refractivity contribution in [1.82, 2.24) is 14.8 Å². The quantitative estimate of drug-likeness (QED) is 0.864. The molecule has 1 aliphatic rings. The predicted octanol–water partition coefficient (Wildman–Crippen LogP) is 0.817. The summed E-state index contributed by atoms with van der Waals surface area (Å²) < 4.78 is 5.46. The third-order valence-electron chi connectivity index (χ3n) is 4.00. The third kappa shape index (κ3) is 3.48. The van der Waals surface area contributed by atoms with Gasteiger partial charge in [0.2, 0.25) is 0 Å². The summed E-state index contributed by atoms with van der Waals surface area (Å²) in [5, 5.41) is 8.96. The van der Waals surface area contributed by atoms with Crippen LogP contribution in [-0.2, 0) is 6.54 Å². The van der Waals surface area contributed by atoms with E-state index in [-0.39, 0.29) is 6.61 Å². The fourth-order valence-corrected chi connectivity index (χ4v) is 2.75. The highest BCUT2D eigenvalue weighted by molar-refractivity contribution is 5.41. The normalized spacial score (nSPS) is 17.4. The molecule has 1 N–H and O–H groups in total. The average Bonchev–Trinajstić information content (AvgIpc) is 2.45. The van der Waals surface area contributed by atoms with Crippen LogP contribution < -0.4 is 4.74 Å². The summed E-state index contributed by atoms with van der Waals surface area (Å²) in [6.45, 7) is 10.1. The first-order valence-electron chi connectivity index (χ1n) is 7.20. The van der Waals surface area contributed by atoms with Crippen LogP contribution in [0.1, 0.15) is 16.8 Å². The molecule has 1 saturated heterocycles. The first kappa shape index (κ1) is 15.2. The van der Waals surface area contributed by atoms with E-state index in [0.29, 0.717) is 0 Å². The number of nitrogens with zero attached hydrogens (tertiary/aromatic N) is 3. The number of hydrogen-bond acceptors (Lipinski definition) is 5. The zero-order valence-corrected chi connectivity index (χ0v) is 12.7. The molecule has 0 bridgehead atoms. The number of aliphatic hydroxyl groups is 1. The zero-order valence-electron chi connectivity index (χ0n) is 12.7. The molecule has 20 heavy (non-hydrogen) atoms. The van der Waals surface area contributed by atoms with Crippen molar-refractivity contribution in [3.63, 3.8) is 0 Å². The Bertz CT molecular complexity index is 443. The van der Waals surface area contributed by atoms with Crippen molar-refractivity contribution in [2.45, 2.75) is 20.4 Å². The Hall–Kier alpha value is -1.17. The second-order valence-corrected chi connectivity index (χ2v) is 5.39. The summed E-state index contributed by atoms with van der Waals surface area (Å²) in [5.74, 6) is 0.953. The lowest BCUT2D eigenvalue weighted by Crippen LogP contribution is -2.46. The third-order valence-corrected chi connectivity index (χ3v) is 4.00. The number of aryl methyl sites for hydroxylation is 1. The molecule has 5 heteroatoms. The number of β-amino-alcohol motifs (C(OH)–C–C–N with tert-alkyl or cyclic N) is 1. The van der Waals surface area contributed by atoms with E-state index < -0.39 is 0 Å². The van der Waals surface area contributed by atoms with Gasteiger partial charge in [0, 0.05) is 56.6 Å². The highest BCUT2D eigenvalue weighted by atomic mass is 16.5. The van der Waals surface area contributed by atoms with E-state index in [4.69, 9.17) is 9.84 Å². The Balaban J connectivity index is 1.98. The molecule has 0 aromatic carbocycles. The average molecular weight is 279 g/mol. The molecule has 1 aromatic heterocycles. The lowest BCUT2D eigenvalue weighted by atomic mass is 10.1. The Morgan fingerprint density at radius 1 is 1.20 bits per heavy atom. The van der Waals surface area contributed by atoms with Crippen LogP contribution in [0.5, 0.6) is 5.75 Å². The molecule has 1 aromatic rings. The van der Waals surface area contributed by atoms with Gasteiger partial charge in [0.1, 0.15) is 5.75 Å². The molecule has 0 aliphatic carbocycles. The number of hydrogen-bond donors (Lipinski definition) is 1. The van der Waals surface area contributed by atoms with Crippen LogP contribution in [0.4, 0.5) is 0 Å². The van der Waals surface area contributed by atoms with Crippen LogP contribution >= 0.6 is 0 Å². The van der Waals surface area contributed by atoms with Gasteiger partial charge in [0.05, 0.1) is 19.4 Å². The minimum absolute atomic E-state index is 0.246. The van der Waals surface area contributed by atoms with Gasteiger partial charge in [0.25, 0.3) is 0 Å². The molecule has 5 nitrogen and oxygen atoms in total. The van der Waals surface area contributed by atoms with Crippen LogP contribution in [0.2, 0.25) is 0 Å². The molecular formula is C15H25N3O2. The van der Waals surface area contributed by atoms with E-state index in [2.05, 4.69) is 21.7 Å². The summed E-state index contributed by atoms with van der Waals surface area (Å²) in [4.78, 5) is 9.27. The van der Waals surface area contributed by atoms with Gasteiger partial charge < -0.3 is 9.84 Å². The topological polar surface area (TPSA) is 48.8 Å². The molecule has 0 atom stereocenters. The van der Waals surface area contributed by atoms with Crippen LogP contribution in [0, 0.1) is 13.8 Å². The van der Waals surface area contributed by atoms with E-state index in [1.54, 1.807) is 7.11 Å². The number of ether oxygens (including phenoxy) is 1. The van der Waals surface area contributed by atoms with Gasteiger partial charge in [-0.3, -0.25) is 14.8 Å². The number of pyridine rings is 1. The van der Waals surface area contributed by atoms with Crippen molar-refractivity contribution >= 4 is 0 Å². The van der Waals surface area contributed by atoms with Gasteiger partial charge in [-0.1, -0.05) is 0 Å². The molecule has 1 aliphatic heterocycles. The Labute approximate surface area is 121 Å². The lowest BCUT2D eigenvalue weighted by Gasteiger charge is -2.34. The molecule has 0 spiro atoms. The Morgan fingerprint density at radius 3 is 2.45 bits per heavy atom. The number of aromatic nitrogens is 1. The van der Waals surface area contributed by atoms with Gasteiger partial charge in [0.15, 0.2) is 0 Å². The van der Waals surface area contributed by atoms with E-state index in [1.807, 2.05) is 13.1 Å².